The molecule has 0 aliphatic carbocycles. The average molecular weight is 319 g/mol. The Morgan fingerprint density at radius 1 is 1.13 bits per heavy atom. The predicted molar refractivity (Wildman–Crippen MR) is 78.6 cm³/mol. The molecule has 2 aliphatic rings. The fourth-order valence-corrected chi connectivity index (χ4v) is 2.48. The maximum Gasteiger partial charge on any atom is 0.312 e. The summed E-state index contributed by atoms with van der Waals surface area (Å²) in [4.78, 5) is 37.7. The molecule has 1 aromatic carbocycles. The lowest BCUT2D eigenvalue weighted by molar-refractivity contribution is -0.147. The molecule has 1 saturated heterocycles. The molecule has 0 unspecified atom stereocenters. The van der Waals surface area contributed by atoms with Gasteiger partial charge in [0.2, 0.25) is 13.2 Å². The van der Waals surface area contributed by atoms with Crippen LogP contribution in [0.15, 0.2) is 18.2 Å². The first-order valence-electron chi connectivity index (χ1n) is 7.32. The molecular formula is C15H17N3O5. The number of carbonyl (C=O) groups is 3. The van der Waals surface area contributed by atoms with Crippen LogP contribution in [0.4, 0.5) is 0 Å². The van der Waals surface area contributed by atoms with Crippen LogP contribution < -0.4 is 14.8 Å². The number of rotatable bonds is 3. The van der Waals surface area contributed by atoms with Crippen LogP contribution >= 0.6 is 0 Å². The van der Waals surface area contributed by atoms with Crippen molar-refractivity contribution in [1.29, 1.82) is 0 Å². The summed E-state index contributed by atoms with van der Waals surface area (Å²) in [5.74, 6) is 0.0794. The minimum Gasteiger partial charge on any atom is -0.454 e. The van der Waals surface area contributed by atoms with E-state index in [1.54, 1.807) is 23.1 Å². The molecule has 1 N–H and O–H groups in total. The van der Waals surface area contributed by atoms with E-state index in [-0.39, 0.29) is 13.3 Å². The molecule has 0 spiro atoms. The molecule has 2 heterocycles. The second-order valence-electron chi connectivity index (χ2n) is 5.30. The molecule has 122 valence electrons. The van der Waals surface area contributed by atoms with Gasteiger partial charge in [0, 0.05) is 32.7 Å². The maximum absolute atomic E-state index is 12.1. The third-order valence-electron chi connectivity index (χ3n) is 3.83. The topological polar surface area (TPSA) is 88.2 Å². The highest BCUT2D eigenvalue weighted by Crippen LogP contribution is 2.32. The normalized spacial score (nSPS) is 16.2. The monoisotopic (exact) mass is 319 g/mol. The molecule has 1 fully saturated rings. The molecule has 1 aromatic rings. The van der Waals surface area contributed by atoms with Crippen LogP contribution in [0.5, 0.6) is 11.5 Å². The molecular weight excluding hydrogens is 302 g/mol. The van der Waals surface area contributed by atoms with Crippen molar-refractivity contribution in [2.24, 2.45) is 0 Å². The van der Waals surface area contributed by atoms with Gasteiger partial charge in [0.1, 0.15) is 0 Å². The van der Waals surface area contributed by atoms with Gasteiger partial charge in [-0.25, -0.2) is 0 Å². The molecule has 23 heavy (non-hydrogen) atoms. The zero-order valence-electron chi connectivity index (χ0n) is 12.5. The minimum atomic E-state index is -0.651. The number of piperazine rings is 1. The summed E-state index contributed by atoms with van der Waals surface area (Å²) in [6.45, 7) is 2.06. The van der Waals surface area contributed by atoms with Crippen molar-refractivity contribution in [3.05, 3.63) is 23.8 Å². The van der Waals surface area contributed by atoms with Gasteiger partial charge in [-0.15, -0.1) is 0 Å². The van der Waals surface area contributed by atoms with E-state index < -0.39 is 11.8 Å². The molecule has 0 saturated carbocycles. The largest absolute Gasteiger partial charge is 0.454 e. The number of nitrogens with zero attached hydrogens (tertiary/aromatic N) is 2. The fraction of sp³-hybridized carbons (Fsp3) is 0.400. The van der Waals surface area contributed by atoms with Crippen LogP contribution in [-0.4, -0.2) is 61.0 Å². The van der Waals surface area contributed by atoms with Gasteiger partial charge in [-0.3, -0.25) is 14.4 Å². The van der Waals surface area contributed by atoms with Gasteiger partial charge >= 0.3 is 11.8 Å². The first-order chi connectivity index (χ1) is 11.2. The minimum absolute atomic E-state index is 0.191. The standard InChI is InChI=1S/C15H17N3O5/c19-9-17-3-5-18(6-4-17)15(21)14(20)16-8-11-1-2-12-13(7-11)23-10-22-12/h1-2,7,9H,3-6,8,10H2,(H,16,20). The molecule has 3 rings (SSSR count). The first kappa shape index (κ1) is 15.1. The number of carbonyl (C=O) groups excluding carboxylic acids is 3. The first-order valence-corrected chi connectivity index (χ1v) is 7.32. The van der Waals surface area contributed by atoms with E-state index in [0.29, 0.717) is 37.7 Å². The summed E-state index contributed by atoms with van der Waals surface area (Å²) in [5, 5.41) is 2.60. The third kappa shape index (κ3) is 3.36. The highest BCUT2D eigenvalue weighted by atomic mass is 16.7. The van der Waals surface area contributed by atoms with E-state index in [2.05, 4.69) is 5.32 Å². The van der Waals surface area contributed by atoms with E-state index in [1.165, 1.54) is 4.90 Å². The van der Waals surface area contributed by atoms with Crippen molar-refractivity contribution in [2.75, 3.05) is 33.0 Å². The molecule has 0 radical (unpaired) electrons. The van der Waals surface area contributed by atoms with Gasteiger partial charge in [0.05, 0.1) is 0 Å². The van der Waals surface area contributed by atoms with Crippen molar-refractivity contribution >= 4 is 18.2 Å². The summed E-state index contributed by atoms with van der Waals surface area (Å²) in [6, 6.07) is 5.35. The molecule has 0 bridgehead atoms. The number of nitrogens with one attached hydrogen (secondary N) is 1. The highest BCUT2D eigenvalue weighted by Gasteiger charge is 2.25. The van der Waals surface area contributed by atoms with E-state index in [0.717, 1.165) is 12.0 Å². The van der Waals surface area contributed by atoms with Crippen LogP contribution in [0.2, 0.25) is 0 Å². The van der Waals surface area contributed by atoms with Gasteiger partial charge < -0.3 is 24.6 Å². The smallest absolute Gasteiger partial charge is 0.312 e. The Balaban J connectivity index is 1.51. The van der Waals surface area contributed by atoms with Crippen LogP contribution in [0, 0.1) is 0 Å². The van der Waals surface area contributed by atoms with Gasteiger partial charge in [-0.1, -0.05) is 6.07 Å². The Hall–Kier alpha value is -2.77. The van der Waals surface area contributed by atoms with Gasteiger partial charge in [0.25, 0.3) is 0 Å². The lowest BCUT2D eigenvalue weighted by Gasteiger charge is -2.31. The number of hydrogen-bond donors (Lipinski definition) is 1. The van der Waals surface area contributed by atoms with Crippen molar-refractivity contribution in [3.63, 3.8) is 0 Å². The third-order valence-corrected chi connectivity index (χ3v) is 3.83. The number of amides is 3. The Kier molecular flexibility index (Phi) is 4.31. The summed E-state index contributed by atoms with van der Waals surface area (Å²) >= 11 is 0. The average Bonchev–Trinajstić information content (AvgIpc) is 3.06. The zero-order valence-corrected chi connectivity index (χ0v) is 12.5. The van der Waals surface area contributed by atoms with E-state index in [9.17, 15) is 14.4 Å². The molecule has 8 heteroatoms. The predicted octanol–water partition coefficient (Wildman–Crippen LogP) is -0.668. The Bertz CT molecular complexity index is 626. The van der Waals surface area contributed by atoms with E-state index in [1.807, 2.05) is 0 Å². The number of ether oxygens (including phenoxy) is 2. The SMILES string of the molecule is O=CN1CCN(C(=O)C(=O)NCc2ccc3c(c2)OCO3)CC1. The zero-order chi connectivity index (χ0) is 16.2. The Morgan fingerprint density at radius 2 is 1.87 bits per heavy atom. The van der Waals surface area contributed by atoms with E-state index >= 15 is 0 Å². The number of hydrogen-bond acceptors (Lipinski definition) is 5. The van der Waals surface area contributed by atoms with Gasteiger partial charge in [0.15, 0.2) is 11.5 Å². The van der Waals surface area contributed by atoms with Crippen molar-refractivity contribution in [1.82, 2.24) is 15.1 Å². The van der Waals surface area contributed by atoms with E-state index in [4.69, 9.17) is 9.47 Å². The molecule has 3 amide bonds. The van der Waals surface area contributed by atoms with Crippen LogP contribution in [0.25, 0.3) is 0 Å². The van der Waals surface area contributed by atoms with Crippen molar-refractivity contribution in [2.45, 2.75) is 6.54 Å². The second kappa shape index (κ2) is 6.55. The van der Waals surface area contributed by atoms with Crippen LogP contribution in [-0.2, 0) is 20.9 Å². The van der Waals surface area contributed by atoms with Gasteiger partial charge in [-0.05, 0) is 17.7 Å². The number of benzene rings is 1. The van der Waals surface area contributed by atoms with Crippen molar-refractivity contribution < 1.29 is 23.9 Å². The number of fused-ring (bicyclic) bond motifs is 1. The van der Waals surface area contributed by atoms with Crippen LogP contribution in [0.1, 0.15) is 5.56 Å². The summed E-state index contributed by atoms with van der Waals surface area (Å²) < 4.78 is 10.5. The van der Waals surface area contributed by atoms with Crippen LogP contribution in [0.3, 0.4) is 0 Å². The second-order valence-corrected chi connectivity index (χ2v) is 5.30. The maximum atomic E-state index is 12.1. The highest BCUT2D eigenvalue weighted by molar-refractivity contribution is 6.35. The summed E-state index contributed by atoms with van der Waals surface area (Å²) in [5.41, 5.74) is 0.821. The lowest BCUT2D eigenvalue weighted by Crippen LogP contribution is -2.52. The molecule has 2 aliphatic heterocycles. The summed E-state index contributed by atoms with van der Waals surface area (Å²) in [7, 11) is 0. The molecule has 0 aromatic heterocycles. The summed E-state index contributed by atoms with van der Waals surface area (Å²) in [6.07, 6.45) is 0.752. The molecule has 0 atom stereocenters. The lowest BCUT2D eigenvalue weighted by atomic mass is 10.2. The van der Waals surface area contributed by atoms with Crippen molar-refractivity contribution in [3.8, 4) is 11.5 Å². The quantitative estimate of drug-likeness (QED) is 0.590. The Morgan fingerprint density at radius 3 is 2.61 bits per heavy atom. The molecule has 8 nitrogen and oxygen atoms in total. The van der Waals surface area contributed by atoms with Gasteiger partial charge in [-0.2, -0.15) is 0 Å². The Labute approximate surface area is 132 Å². The fourth-order valence-electron chi connectivity index (χ4n) is 2.48.